The lowest BCUT2D eigenvalue weighted by atomic mass is 10.0. The molecule has 0 saturated carbocycles. The number of aryl methyl sites for hydroxylation is 2. The number of nitrogens with one attached hydrogen (secondary N) is 1. The molecule has 3 rings (SSSR count). The highest BCUT2D eigenvalue weighted by Gasteiger charge is 2.24. The molecule has 1 heterocycles. The minimum atomic E-state index is -1.13. The van der Waals surface area contributed by atoms with Gasteiger partial charge in [-0.2, -0.15) is 5.10 Å². The number of phenolic OH excluding ortho intramolecular Hbond substituents is 2. The Balaban J connectivity index is 1.80. The number of hydrogen-bond acceptors (Lipinski definition) is 6. The second-order valence-corrected chi connectivity index (χ2v) is 6.54. The summed E-state index contributed by atoms with van der Waals surface area (Å²) in [6, 6.07) is 7.69. The van der Waals surface area contributed by atoms with Gasteiger partial charge in [-0.1, -0.05) is 24.3 Å². The second-order valence-electron chi connectivity index (χ2n) is 6.54. The topological polar surface area (TPSA) is 114 Å². The first-order valence-corrected chi connectivity index (χ1v) is 8.66. The van der Waals surface area contributed by atoms with E-state index in [1.165, 1.54) is 6.92 Å². The molecule has 0 fully saturated rings. The van der Waals surface area contributed by atoms with Crippen LogP contribution in [-0.4, -0.2) is 38.0 Å². The summed E-state index contributed by atoms with van der Waals surface area (Å²) >= 11 is 0. The van der Waals surface area contributed by atoms with Gasteiger partial charge in [0.1, 0.15) is 17.1 Å². The van der Waals surface area contributed by atoms with Crippen molar-refractivity contribution < 1.29 is 24.5 Å². The van der Waals surface area contributed by atoms with Crippen molar-refractivity contribution in [2.45, 2.75) is 26.9 Å². The first-order valence-electron chi connectivity index (χ1n) is 8.66. The lowest BCUT2D eigenvalue weighted by molar-refractivity contribution is -0.123. The van der Waals surface area contributed by atoms with E-state index in [1.54, 1.807) is 42.9 Å². The van der Waals surface area contributed by atoms with Gasteiger partial charge in [0.25, 0.3) is 5.91 Å². The number of ether oxygens (including phenoxy) is 1. The third-order valence-electron chi connectivity index (χ3n) is 4.62. The summed E-state index contributed by atoms with van der Waals surface area (Å²) in [5.74, 6) is -1.93. The molecule has 1 amide bonds. The van der Waals surface area contributed by atoms with Crippen LogP contribution < -0.4 is 5.32 Å². The summed E-state index contributed by atoms with van der Waals surface area (Å²) in [6.45, 7) is 4.99. The average molecular weight is 383 g/mol. The second kappa shape index (κ2) is 7.22. The Hall–Kier alpha value is -3.55. The van der Waals surface area contributed by atoms with Crippen LogP contribution in [0.2, 0.25) is 0 Å². The molecule has 146 valence electrons. The molecular weight excluding hydrogens is 362 g/mol. The van der Waals surface area contributed by atoms with E-state index in [1.807, 2.05) is 6.92 Å². The molecule has 0 aliphatic rings. The third kappa shape index (κ3) is 3.36. The maximum absolute atomic E-state index is 12.5. The SMILES string of the molecule is Cc1nn(C)c(C)c1NC(=O)[C@H](C)OC(=O)c1cc(O)c2ccccc2c1O. The van der Waals surface area contributed by atoms with Crippen LogP contribution in [0, 0.1) is 13.8 Å². The number of amides is 1. The van der Waals surface area contributed by atoms with E-state index >= 15 is 0 Å². The van der Waals surface area contributed by atoms with Gasteiger partial charge in [-0.15, -0.1) is 0 Å². The summed E-state index contributed by atoms with van der Waals surface area (Å²) in [5, 5.41) is 28.1. The summed E-state index contributed by atoms with van der Waals surface area (Å²) in [7, 11) is 1.76. The molecule has 0 unspecified atom stereocenters. The molecule has 28 heavy (non-hydrogen) atoms. The third-order valence-corrected chi connectivity index (χ3v) is 4.62. The zero-order valence-electron chi connectivity index (χ0n) is 16.0. The number of hydrogen-bond donors (Lipinski definition) is 3. The molecule has 0 radical (unpaired) electrons. The number of benzene rings is 2. The largest absolute Gasteiger partial charge is 0.507 e. The summed E-state index contributed by atoms with van der Waals surface area (Å²) < 4.78 is 6.83. The van der Waals surface area contributed by atoms with Crippen LogP contribution in [0.25, 0.3) is 10.8 Å². The summed E-state index contributed by atoms with van der Waals surface area (Å²) in [6.07, 6.45) is -1.13. The number of anilines is 1. The van der Waals surface area contributed by atoms with Crippen LogP contribution in [0.3, 0.4) is 0 Å². The van der Waals surface area contributed by atoms with Crippen molar-refractivity contribution >= 4 is 28.3 Å². The van der Waals surface area contributed by atoms with E-state index in [9.17, 15) is 19.8 Å². The quantitative estimate of drug-likeness (QED) is 0.472. The summed E-state index contributed by atoms with van der Waals surface area (Å²) in [4.78, 5) is 24.9. The zero-order chi connectivity index (χ0) is 20.6. The van der Waals surface area contributed by atoms with Crippen LogP contribution in [-0.2, 0) is 16.6 Å². The van der Waals surface area contributed by atoms with Crippen LogP contribution in [0.15, 0.2) is 30.3 Å². The van der Waals surface area contributed by atoms with Gasteiger partial charge in [0.15, 0.2) is 6.10 Å². The maximum Gasteiger partial charge on any atom is 0.342 e. The Morgan fingerprint density at radius 2 is 1.82 bits per heavy atom. The molecule has 2 aromatic carbocycles. The van der Waals surface area contributed by atoms with Crippen LogP contribution in [0.1, 0.15) is 28.7 Å². The molecule has 1 aromatic heterocycles. The first-order chi connectivity index (χ1) is 13.2. The Labute approximate surface area is 161 Å². The predicted octanol–water partition coefficient (Wildman–Crippen LogP) is 2.79. The van der Waals surface area contributed by atoms with Crippen molar-refractivity contribution in [2.24, 2.45) is 7.05 Å². The highest BCUT2D eigenvalue weighted by Crippen LogP contribution is 2.35. The first kappa shape index (κ1) is 19.2. The van der Waals surface area contributed by atoms with E-state index in [-0.39, 0.29) is 17.1 Å². The predicted molar refractivity (Wildman–Crippen MR) is 103 cm³/mol. The number of rotatable bonds is 4. The van der Waals surface area contributed by atoms with Crippen molar-refractivity contribution in [1.82, 2.24) is 9.78 Å². The van der Waals surface area contributed by atoms with E-state index in [0.717, 1.165) is 11.8 Å². The van der Waals surface area contributed by atoms with Gasteiger partial charge < -0.3 is 20.3 Å². The maximum atomic E-state index is 12.5. The smallest absolute Gasteiger partial charge is 0.342 e. The number of nitrogens with zero attached hydrogens (tertiary/aromatic N) is 2. The van der Waals surface area contributed by atoms with Crippen molar-refractivity contribution in [3.05, 3.63) is 47.3 Å². The molecule has 0 bridgehead atoms. The van der Waals surface area contributed by atoms with Crippen molar-refractivity contribution in [2.75, 3.05) is 5.32 Å². The van der Waals surface area contributed by atoms with Crippen LogP contribution in [0.4, 0.5) is 5.69 Å². The number of esters is 1. The molecule has 0 aliphatic carbocycles. The van der Waals surface area contributed by atoms with E-state index < -0.39 is 18.0 Å². The number of aromatic nitrogens is 2. The van der Waals surface area contributed by atoms with Crippen molar-refractivity contribution in [3.8, 4) is 11.5 Å². The molecule has 1 atom stereocenters. The van der Waals surface area contributed by atoms with Crippen LogP contribution in [0.5, 0.6) is 11.5 Å². The van der Waals surface area contributed by atoms with E-state index in [4.69, 9.17) is 4.74 Å². The average Bonchev–Trinajstić information content (AvgIpc) is 2.90. The Bertz CT molecular complexity index is 1090. The molecule has 3 N–H and O–H groups in total. The highest BCUT2D eigenvalue weighted by molar-refractivity contribution is 6.05. The molecule has 0 saturated heterocycles. The Morgan fingerprint density at radius 3 is 2.43 bits per heavy atom. The number of carbonyl (C=O) groups excluding carboxylic acids is 2. The number of fused-ring (bicyclic) bond motifs is 1. The zero-order valence-corrected chi connectivity index (χ0v) is 16.0. The molecule has 8 nitrogen and oxygen atoms in total. The Kier molecular flexibility index (Phi) is 4.96. The van der Waals surface area contributed by atoms with Gasteiger partial charge in [0.05, 0.1) is 17.1 Å². The van der Waals surface area contributed by atoms with Gasteiger partial charge in [-0.3, -0.25) is 9.48 Å². The van der Waals surface area contributed by atoms with E-state index in [2.05, 4.69) is 10.4 Å². The fraction of sp³-hybridized carbons (Fsp3) is 0.250. The Morgan fingerprint density at radius 1 is 1.18 bits per heavy atom. The van der Waals surface area contributed by atoms with E-state index in [0.29, 0.717) is 22.2 Å². The fourth-order valence-corrected chi connectivity index (χ4v) is 2.95. The van der Waals surface area contributed by atoms with Gasteiger partial charge >= 0.3 is 5.97 Å². The lowest BCUT2D eigenvalue weighted by Gasteiger charge is -2.15. The van der Waals surface area contributed by atoms with Crippen molar-refractivity contribution in [3.63, 3.8) is 0 Å². The number of aromatic hydroxyl groups is 2. The standard InChI is InChI=1S/C20H21N3O5/c1-10-17(11(2)23(4)22-10)21-19(26)12(3)28-20(27)15-9-16(24)13-7-5-6-8-14(13)18(15)25/h5-9,12,24-25H,1-4H3,(H,21,26)/t12-/m0/s1. The molecule has 3 aromatic rings. The van der Waals surface area contributed by atoms with Gasteiger partial charge in [0.2, 0.25) is 0 Å². The monoisotopic (exact) mass is 383 g/mol. The summed E-state index contributed by atoms with van der Waals surface area (Å²) in [5.41, 5.74) is 1.75. The van der Waals surface area contributed by atoms with Crippen LogP contribution >= 0.6 is 0 Å². The molecule has 8 heteroatoms. The van der Waals surface area contributed by atoms with Crippen molar-refractivity contribution in [1.29, 1.82) is 0 Å². The molecule has 0 spiro atoms. The normalized spacial score (nSPS) is 12.0. The lowest BCUT2D eigenvalue weighted by Crippen LogP contribution is -2.30. The molecular formula is C20H21N3O5. The fourth-order valence-electron chi connectivity index (χ4n) is 2.95. The van der Waals surface area contributed by atoms with Gasteiger partial charge in [-0.25, -0.2) is 4.79 Å². The number of carbonyl (C=O) groups is 2. The molecule has 0 aliphatic heterocycles. The minimum absolute atomic E-state index is 0.168. The highest BCUT2D eigenvalue weighted by atomic mass is 16.5. The minimum Gasteiger partial charge on any atom is -0.507 e. The van der Waals surface area contributed by atoms with Gasteiger partial charge in [0, 0.05) is 17.8 Å². The number of phenols is 2. The van der Waals surface area contributed by atoms with Gasteiger partial charge in [-0.05, 0) is 26.8 Å².